The number of hydrogen-bond donors (Lipinski definition) is 2. The van der Waals surface area contributed by atoms with Crippen LogP contribution in [-0.4, -0.2) is 30.9 Å². The van der Waals surface area contributed by atoms with E-state index in [4.69, 9.17) is 5.11 Å². The Labute approximate surface area is 106 Å². The van der Waals surface area contributed by atoms with Crippen LogP contribution in [0.5, 0.6) is 0 Å². The maximum Gasteiger partial charge on any atom is 0.323 e. The van der Waals surface area contributed by atoms with Crippen LogP contribution < -0.4 is 10.9 Å². The van der Waals surface area contributed by atoms with Gasteiger partial charge in [0.25, 0.3) is 5.56 Å². The summed E-state index contributed by atoms with van der Waals surface area (Å²) < 4.78 is 5.57. The summed E-state index contributed by atoms with van der Waals surface area (Å²) in [6, 6.07) is 0. The highest BCUT2D eigenvalue weighted by atomic mass is 16.6. The van der Waals surface area contributed by atoms with Gasteiger partial charge in [-0.3, -0.25) is 14.2 Å². The highest BCUT2D eigenvalue weighted by Crippen LogP contribution is 2.03. The van der Waals surface area contributed by atoms with Gasteiger partial charge in [-0.05, 0) is 6.92 Å². The molecule has 0 saturated carbocycles. The largest absolute Gasteiger partial charge is 0.480 e. The molecule has 0 radical (unpaired) electrons. The third-order valence-electron chi connectivity index (χ3n) is 2.39. The van der Waals surface area contributed by atoms with Gasteiger partial charge in [0.1, 0.15) is 17.9 Å². The van der Waals surface area contributed by atoms with E-state index in [-0.39, 0.29) is 12.4 Å². The highest BCUT2D eigenvalue weighted by Gasteiger charge is 2.09. The summed E-state index contributed by atoms with van der Waals surface area (Å²) in [7, 11) is 0. The molecular weight excluding hydrogens is 254 g/mol. The number of aromatic nitrogens is 4. The molecule has 0 spiro atoms. The summed E-state index contributed by atoms with van der Waals surface area (Å²) in [5.74, 6) is -1.05. The van der Waals surface area contributed by atoms with Crippen molar-refractivity contribution in [3.63, 3.8) is 0 Å². The Bertz CT molecular complexity index is 647. The molecule has 0 aliphatic carbocycles. The predicted octanol–water partition coefficient (Wildman–Crippen LogP) is -0.369. The number of nitrogens with one attached hydrogen (secondary N) is 1. The number of aliphatic carboxylic acids is 1. The van der Waals surface area contributed by atoms with Gasteiger partial charge in [0.2, 0.25) is 0 Å². The van der Waals surface area contributed by atoms with Crippen LogP contribution in [0, 0.1) is 6.92 Å². The number of nitrogens with zero attached hydrogens (tertiary/aromatic N) is 4. The van der Waals surface area contributed by atoms with Crippen LogP contribution in [0.1, 0.15) is 11.4 Å². The molecular formula is C10H11N5O4. The summed E-state index contributed by atoms with van der Waals surface area (Å²) in [5, 5.41) is 18.7. The van der Waals surface area contributed by atoms with E-state index in [0.717, 1.165) is 4.57 Å². The lowest BCUT2D eigenvalue weighted by Crippen LogP contribution is -2.27. The number of carboxylic acids is 1. The highest BCUT2D eigenvalue weighted by molar-refractivity contribution is 5.66. The predicted molar refractivity (Wildman–Crippen MR) is 62.5 cm³/mol. The Hall–Kier alpha value is -2.71. The molecule has 0 aromatic carbocycles. The second-order valence-electron chi connectivity index (χ2n) is 3.75. The second kappa shape index (κ2) is 5.29. The molecule has 0 aliphatic heterocycles. The van der Waals surface area contributed by atoms with Crippen molar-refractivity contribution in [3.05, 3.63) is 34.1 Å². The number of anilines is 1. The van der Waals surface area contributed by atoms with Gasteiger partial charge >= 0.3 is 5.97 Å². The van der Waals surface area contributed by atoms with Crippen LogP contribution in [-0.2, 0) is 17.9 Å². The maximum absolute atomic E-state index is 11.9. The van der Waals surface area contributed by atoms with Crippen LogP contribution >= 0.6 is 0 Å². The van der Waals surface area contributed by atoms with Crippen molar-refractivity contribution in [1.82, 2.24) is 19.9 Å². The third-order valence-corrected chi connectivity index (χ3v) is 2.39. The zero-order valence-electron chi connectivity index (χ0n) is 10.0. The molecule has 9 nitrogen and oxygen atoms in total. The Kier molecular flexibility index (Phi) is 3.55. The lowest BCUT2D eigenvalue weighted by atomic mass is 10.3. The van der Waals surface area contributed by atoms with Crippen LogP contribution in [0.25, 0.3) is 0 Å². The van der Waals surface area contributed by atoms with Gasteiger partial charge in [0.05, 0.1) is 6.54 Å². The fourth-order valence-corrected chi connectivity index (χ4v) is 1.42. The number of rotatable bonds is 5. The average Bonchev–Trinajstić information content (AvgIpc) is 2.76. The van der Waals surface area contributed by atoms with Crippen LogP contribution in [0.3, 0.4) is 0 Å². The molecule has 2 aromatic heterocycles. The van der Waals surface area contributed by atoms with E-state index < -0.39 is 18.1 Å². The minimum Gasteiger partial charge on any atom is -0.480 e. The number of carbonyl (C=O) groups is 1. The van der Waals surface area contributed by atoms with E-state index >= 15 is 0 Å². The van der Waals surface area contributed by atoms with Crippen molar-refractivity contribution in [2.75, 3.05) is 5.32 Å². The second-order valence-corrected chi connectivity index (χ2v) is 3.75. The standard InChI is InChI=1S/C10H11N5O4/c1-6-7(14-19-13-6)4-12-9-10(18)15(3-2-11-9)5-8(16)17/h2-3H,4-5H2,1H3,(H,11,12)(H,16,17). The van der Waals surface area contributed by atoms with E-state index in [2.05, 4.69) is 25.2 Å². The Morgan fingerprint density at radius 3 is 2.95 bits per heavy atom. The molecule has 100 valence electrons. The molecule has 0 amide bonds. The lowest BCUT2D eigenvalue weighted by molar-refractivity contribution is -0.137. The van der Waals surface area contributed by atoms with Crippen molar-refractivity contribution in [2.45, 2.75) is 20.0 Å². The van der Waals surface area contributed by atoms with Crippen molar-refractivity contribution >= 4 is 11.8 Å². The molecule has 0 aliphatic rings. The molecule has 9 heteroatoms. The molecule has 0 atom stereocenters. The molecule has 2 heterocycles. The summed E-state index contributed by atoms with van der Waals surface area (Å²) in [6.07, 6.45) is 2.66. The van der Waals surface area contributed by atoms with Gasteiger partial charge in [0.15, 0.2) is 5.82 Å². The SMILES string of the molecule is Cc1nonc1CNc1nccn(CC(=O)O)c1=O. The summed E-state index contributed by atoms with van der Waals surface area (Å²) >= 11 is 0. The van der Waals surface area contributed by atoms with E-state index in [9.17, 15) is 9.59 Å². The Balaban J connectivity index is 2.15. The monoisotopic (exact) mass is 265 g/mol. The molecule has 0 bridgehead atoms. The summed E-state index contributed by atoms with van der Waals surface area (Å²) in [5.41, 5.74) is 0.642. The van der Waals surface area contributed by atoms with Crippen molar-refractivity contribution < 1.29 is 14.5 Å². The molecule has 2 rings (SSSR count). The lowest BCUT2D eigenvalue weighted by Gasteiger charge is -2.06. The van der Waals surface area contributed by atoms with Crippen LogP contribution in [0.4, 0.5) is 5.82 Å². The molecule has 0 saturated heterocycles. The fraction of sp³-hybridized carbons (Fsp3) is 0.300. The first-order valence-electron chi connectivity index (χ1n) is 5.37. The van der Waals surface area contributed by atoms with Crippen LogP contribution in [0.15, 0.2) is 21.8 Å². The van der Waals surface area contributed by atoms with Crippen molar-refractivity contribution in [3.8, 4) is 0 Å². The van der Waals surface area contributed by atoms with Crippen molar-refractivity contribution in [2.24, 2.45) is 0 Å². The first-order chi connectivity index (χ1) is 9.08. The number of aryl methyl sites for hydroxylation is 1. The summed E-state index contributed by atoms with van der Waals surface area (Å²) in [4.78, 5) is 26.3. The van der Waals surface area contributed by atoms with Gasteiger partial charge < -0.3 is 10.4 Å². The number of carboxylic acid groups (broad SMARTS) is 1. The third kappa shape index (κ3) is 2.94. The minimum absolute atomic E-state index is 0.0474. The first kappa shape index (κ1) is 12.7. The van der Waals surface area contributed by atoms with E-state index in [1.807, 2.05) is 0 Å². The zero-order chi connectivity index (χ0) is 13.8. The average molecular weight is 265 g/mol. The smallest absolute Gasteiger partial charge is 0.323 e. The van der Waals surface area contributed by atoms with E-state index in [1.165, 1.54) is 12.4 Å². The zero-order valence-corrected chi connectivity index (χ0v) is 10.0. The van der Waals surface area contributed by atoms with Crippen molar-refractivity contribution in [1.29, 1.82) is 0 Å². The van der Waals surface area contributed by atoms with Gasteiger partial charge in [-0.25, -0.2) is 9.61 Å². The topological polar surface area (TPSA) is 123 Å². The Morgan fingerprint density at radius 1 is 1.53 bits per heavy atom. The minimum atomic E-state index is -1.10. The molecule has 0 fully saturated rings. The maximum atomic E-state index is 11.9. The van der Waals surface area contributed by atoms with Gasteiger partial charge in [-0.1, -0.05) is 10.3 Å². The molecule has 19 heavy (non-hydrogen) atoms. The van der Waals surface area contributed by atoms with Gasteiger partial charge in [-0.15, -0.1) is 0 Å². The number of hydrogen-bond acceptors (Lipinski definition) is 7. The molecule has 2 N–H and O–H groups in total. The normalized spacial score (nSPS) is 10.4. The fourth-order valence-electron chi connectivity index (χ4n) is 1.42. The van der Waals surface area contributed by atoms with Gasteiger partial charge in [-0.2, -0.15) is 0 Å². The Morgan fingerprint density at radius 2 is 2.32 bits per heavy atom. The molecule has 0 unspecified atom stereocenters. The quantitative estimate of drug-likeness (QED) is 0.750. The molecule has 2 aromatic rings. The first-order valence-corrected chi connectivity index (χ1v) is 5.37. The van der Waals surface area contributed by atoms with E-state index in [1.54, 1.807) is 6.92 Å². The van der Waals surface area contributed by atoms with Crippen LogP contribution in [0.2, 0.25) is 0 Å². The van der Waals surface area contributed by atoms with Gasteiger partial charge in [0, 0.05) is 12.4 Å². The summed E-state index contributed by atoms with van der Waals surface area (Å²) in [6.45, 7) is 1.52. The van der Waals surface area contributed by atoms with E-state index in [0.29, 0.717) is 11.4 Å².